The van der Waals surface area contributed by atoms with Gasteiger partial charge in [-0.3, -0.25) is 0 Å². The van der Waals surface area contributed by atoms with Crippen molar-refractivity contribution in [2.45, 2.75) is 53.9 Å². The molecule has 0 spiro atoms. The highest BCUT2D eigenvalue weighted by molar-refractivity contribution is 8.09. The summed E-state index contributed by atoms with van der Waals surface area (Å²) in [6.45, 7) is 3.30. The lowest BCUT2D eigenvalue weighted by molar-refractivity contribution is -0.117. The van der Waals surface area contributed by atoms with Gasteiger partial charge in [0.25, 0.3) is 0 Å². The van der Waals surface area contributed by atoms with Gasteiger partial charge >= 0.3 is 0 Å². The number of hydrogen-bond donors (Lipinski definition) is 0. The molecule has 0 radical (unpaired) electrons. The Hall–Kier alpha value is -1.99. The Kier molecular flexibility index (Phi) is 7.55. The van der Waals surface area contributed by atoms with Crippen molar-refractivity contribution in [2.75, 3.05) is 0 Å². The number of sulfone groups is 2. The van der Waals surface area contributed by atoms with E-state index in [0.717, 1.165) is 6.42 Å². The van der Waals surface area contributed by atoms with Crippen LogP contribution in [0.3, 0.4) is 0 Å². The molecule has 0 aliphatic heterocycles. The fourth-order valence-corrected chi connectivity index (χ4v) is 8.42. The molecule has 0 amide bonds. The molecule has 0 heterocycles. The molecular formula is C21H26O5S2. The van der Waals surface area contributed by atoms with Crippen molar-refractivity contribution in [3.05, 3.63) is 60.7 Å². The maximum atomic E-state index is 13.4. The number of carbonyl (C=O) groups excluding carboxylic acids is 1. The lowest BCUT2D eigenvalue weighted by Gasteiger charge is -2.26. The summed E-state index contributed by atoms with van der Waals surface area (Å²) in [5.74, 6) is -1.04. The minimum atomic E-state index is -4.22. The molecule has 0 bridgehead atoms. The lowest BCUT2D eigenvalue weighted by atomic mass is 9.98. The van der Waals surface area contributed by atoms with Crippen LogP contribution < -0.4 is 0 Å². The first-order chi connectivity index (χ1) is 13.2. The number of hydrogen-bond acceptors (Lipinski definition) is 5. The highest BCUT2D eigenvalue weighted by Crippen LogP contribution is 2.35. The first kappa shape index (κ1) is 22.3. The second-order valence-electron chi connectivity index (χ2n) is 6.89. The Morgan fingerprint density at radius 3 is 1.61 bits per heavy atom. The summed E-state index contributed by atoms with van der Waals surface area (Å²) in [5, 5.41) is 0. The topological polar surface area (TPSA) is 85.3 Å². The van der Waals surface area contributed by atoms with E-state index in [1.165, 1.54) is 31.2 Å². The highest BCUT2D eigenvalue weighted by atomic mass is 32.3. The summed E-state index contributed by atoms with van der Waals surface area (Å²) in [6.07, 6.45) is 1.67. The predicted molar refractivity (Wildman–Crippen MR) is 109 cm³/mol. The molecule has 28 heavy (non-hydrogen) atoms. The van der Waals surface area contributed by atoms with Gasteiger partial charge < -0.3 is 4.79 Å². The first-order valence-electron chi connectivity index (χ1n) is 9.28. The zero-order chi connectivity index (χ0) is 20.8. The normalized spacial score (nSPS) is 13.4. The van der Waals surface area contributed by atoms with Crippen molar-refractivity contribution in [3.63, 3.8) is 0 Å². The zero-order valence-electron chi connectivity index (χ0n) is 16.1. The summed E-state index contributed by atoms with van der Waals surface area (Å²) in [4.78, 5) is 11.8. The summed E-state index contributed by atoms with van der Waals surface area (Å²) in [6, 6.07) is 15.2. The first-order valence-corrected chi connectivity index (χ1v) is 12.4. The largest absolute Gasteiger partial charge is 0.300 e. The molecule has 0 saturated heterocycles. The smallest absolute Gasteiger partial charge is 0.196 e. The number of carbonyl (C=O) groups is 1. The fraction of sp³-hybridized carbons (Fsp3) is 0.381. The Bertz CT molecular complexity index is 912. The predicted octanol–water partition coefficient (Wildman–Crippen LogP) is 4.05. The van der Waals surface area contributed by atoms with Crippen LogP contribution >= 0.6 is 0 Å². The van der Waals surface area contributed by atoms with Gasteiger partial charge in [0.2, 0.25) is 0 Å². The molecule has 0 aliphatic rings. The number of rotatable bonds is 10. The number of ketones is 1. The molecule has 1 atom stereocenters. The average Bonchev–Trinajstić information content (AvgIpc) is 2.66. The van der Waals surface area contributed by atoms with Crippen molar-refractivity contribution in [1.82, 2.24) is 0 Å². The molecule has 0 unspecified atom stereocenters. The fourth-order valence-electron chi connectivity index (χ4n) is 3.33. The molecule has 0 saturated carbocycles. The van der Waals surface area contributed by atoms with Gasteiger partial charge in [-0.1, -0.05) is 56.2 Å². The second kappa shape index (κ2) is 9.47. The van der Waals surface area contributed by atoms with Gasteiger partial charge in [0.05, 0.1) is 9.79 Å². The van der Waals surface area contributed by atoms with Crippen LogP contribution in [0.25, 0.3) is 0 Å². The molecule has 152 valence electrons. The van der Waals surface area contributed by atoms with Crippen LogP contribution in [0.5, 0.6) is 0 Å². The minimum absolute atomic E-state index is 0.0513. The van der Waals surface area contributed by atoms with Gasteiger partial charge in [0.15, 0.2) is 24.3 Å². The molecule has 0 aliphatic carbocycles. The van der Waals surface area contributed by atoms with E-state index < -0.39 is 30.2 Å². The SMILES string of the molecule is CCCC[C@H](CC(C)=O)C(S(=O)(=O)c1ccccc1)S(=O)(=O)c1ccccc1. The Morgan fingerprint density at radius 2 is 1.25 bits per heavy atom. The molecule has 2 rings (SSSR count). The van der Waals surface area contributed by atoms with Crippen LogP contribution in [-0.4, -0.2) is 27.2 Å². The molecule has 5 nitrogen and oxygen atoms in total. The number of Topliss-reactive ketones (excluding diaryl/α,β-unsaturated/α-hetero) is 1. The number of benzene rings is 2. The summed E-state index contributed by atoms with van der Waals surface area (Å²) in [7, 11) is -8.44. The van der Waals surface area contributed by atoms with Gasteiger partial charge in [-0.05, 0) is 43.5 Å². The second-order valence-corrected chi connectivity index (χ2v) is 11.3. The Labute approximate surface area is 167 Å². The lowest BCUT2D eigenvalue weighted by Crippen LogP contribution is -2.38. The van der Waals surface area contributed by atoms with Crippen LogP contribution in [0.1, 0.15) is 39.5 Å². The van der Waals surface area contributed by atoms with Gasteiger partial charge in [-0.25, -0.2) is 16.8 Å². The average molecular weight is 423 g/mol. The van der Waals surface area contributed by atoms with Crippen LogP contribution in [0.2, 0.25) is 0 Å². The quantitative estimate of drug-likeness (QED) is 0.577. The Balaban J connectivity index is 2.68. The minimum Gasteiger partial charge on any atom is -0.300 e. The van der Waals surface area contributed by atoms with Crippen LogP contribution in [0, 0.1) is 5.92 Å². The molecule has 0 N–H and O–H groups in total. The van der Waals surface area contributed by atoms with E-state index in [1.54, 1.807) is 36.4 Å². The molecule has 2 aromatic rings. The van der Waals surface area contributed by atoms with E-state index >= 15 is 0 Å². The maximum absolute atomic E-state index is 13.4. The third-order valence-electron chi connectivity index (χ3n) is 4.62. The van der Waals surface area contributed by atoms with Crippen LogP contribution in [0.15, 0.2) is 70.5 Å². The Morgan fingerprint density at radius 1 is 0.821 bits per heavy atom. The van der Waals surface area contributed by atoms with Crippen molar-refractivity contribution < 1.29 is 21.6 Å². The van der Waals surface area contributed by atoms with Crippen molar-refractivity contribution in [1.29, 1.82) is 0 Å². The van der Waals surface area contributed by atoms with Crippen LogP contribution in [-0.2, 0) is 24.5 Å². The van der Waals surface area contributed by atoms with E-state index in [9.17, 15) is 21.6 Å². The molecule has 0 fully saturated rings. The van der Waals surface area contributed by atoms with Gasteiger partial charge in [-0.2, -0.15) is 0 Å². The maximum Gasteiger partial charge on any atom is 0.196 e. The summed E-state index contributed by atoms with van der Waals surface area (Å²) in [5.41, 5.74) is 0. The van der Waals surface area contributed by atoms with Gasteiger partial charge in [0.1, 0.15) is 5.78 Å². The van der Waals surface area contributed by atoms with Gasteiger partial charge in [0, 0.05) is 6.42 Å². The third kappa shape index (κ3) is 5.08. The van der Waals surface area contributed by atoms with E-state index in [4.69, 9.17) is 0 Å². The van der Waals surface area contributed by atoms with Crippen molar-refractivity contribution >= 4 is 25.5 Å². The van der Waals surface area contributed by atoms with E-state index in [-0.39, 0.29) is 22.0 Å². The monoisotopic (exact) mass is 422 g/mol. The van der Waals surface area contributed by atoms with E-state index in [1.807, 2.05) is 6.92 Å². The van der Waals surface area contributed by atoms with Crippen molar-refractivity contribution in [3.8, 4) is 0 Å². The summed E-state index contributed by atoms with van der Waals surface area (Å²) >= 11 is 0. The zero-order valence-corrected chi connectivity index (χ0v) is 17.7. The molecule has 7 heteroatoms. The summed E-state index contributed by atoms with van der Waals surface area (Å²) < 4.78 is 52.1. The molecule has 0 aromatic heterocycles. The van der Waals surface area contributed by atoms with E-state index in [0.29, 0.717) is 12.8 Å². The van der Waals surface area contributed by atoms with Crippen molar-refractivity contribution in [2.24, 2.45) is 5.92 Å². The standard InChI is InChI=1S/C21H26O5S2/c1-3-4-11-18(16-17(2)22)21(27(23,24)19-12-7-5-8-13-19)28(25,26)20-14-9-6-10-15-20/h5-10,12-15,18,21H,3-4,11,16H2,1-2H3/t18-/m1/s1. The van der Waals surface area contributed by atoms with Crippen LogP contribution in [0.4, 0.5) is 0 Å². The highest BCUT2D eigenvalue weighted by Gasteiger charge is 2.45. The number of unbranched alkanes of at least 4 members (excludes halogenated alkanes) is 1. The third-order valence-corrected chi connectivity index (χ3v) is 9.99. The molecule has 2 aromatic carbocycles. The van der Waals surface area contributed by atoms with E-state index in [2.05, 4.69) is 0 Å². The molecular weight excluding hydrogens is 396 g/mol. The van der Waals surface area contributed by atoms with Gasteiger partial charge in [-0.15, -0.1) is 0 Å².